The molecule has 0 aliphatic carbocycles. The van der Waals surface area contributed by atoms with Crippen LogP contribution in [0.15, 0.2) is 24.3 Å². The topological polar surface area (TPSA) is 57.6 Å². The van der Waals surface area contributed by atoms with Crippen LogP contribution in [0.5, 0.6) is 0 Å². The Kier molecular flexibility index (Phi) is 3.60. The lowest BCUT2D eigenvalue weighted by molar-refractivity contribution is -0.150. The van der Waals surface area contributed by atoms with Gasteiger partial charge in [-0.05, 0) is 30.9 Å². The largest absolute Gasteiger partial charge is 0.479 e. The summed E-state index contributed by atoms with van der Waals surface area (Å²) in [6.45, 7) is 4.13. The van der Waals surface area contributed by atoms with Crippen molar-refractivity contribution in [2.45, 2.75) is 38.6 Å². The molecule has 4 heteroatoms. The second-order valence-electron chi connectivity index (χ2n) is 4.91. The predicted octanol–water partition coefficient (Wildman–Crippen LogP) is 2.33. The molecule has 1 amide bonds. The van der Waals surface area contributed by atoms with Gasteiger partial charge in [-0.1, -0.05) is 32.0 Å². The maximum atomic E-state index is 12.5. The lowest BCUT2D eigenvalue weighted by Gasteiger charge is -2.42. The molecule has 0 spiro atoms. The van der Waals surface area contributed by atoms with E-state index < -0.39 is 11.5 Å². The van der Waals surface area contributed by atoms with Crippen molar-refractivity contribution in [2.75, 3.05) is 6.54 Å². The lowest BCUT2D eigenvalue weighted by Crippen LogP contribution is -2.58. The van der Waals surface area contributed by atoms with E-state index in [2.05, 4.69) is 0 Å². The van der Waals surface area contributed by atoms with Gasteiger partial charge in [-0.3, -0.25) is 4.79 Å². The van der Waals surface area contributed by atoms with Crippen molar-refractivity contribution in [3.8, 4) is 0 Å². The summed E-state index contributed by atoms with van der Waals surface area (Å²) in [6, 6.07) is 7.44. The van der Waals surface area contributed by atoms with Gasteiger partial charge in [0.1, 0.15) is 5.54 Å². The summed E-state index contributed by atoms with van der Waals surface area (Å²) in [7, 11) is 0. The smallest absolute Gasteiger partial charge is 0.329 e. The SMILES string of the molecule is CCC(CC)(C(=O)O)N1CCc2ccccc2C1=O. The number of carbonyl (C=O) groups excluding carboxylic acids is 1. The third kappa shape index (κ3) is 2.01. The Morgan fingerprint density at radius 1 is 1.32 bits per heavy atom. The quantitative estimate of drug-likeness (QED) is 0.905. The second-order valence-corrected chi connectivity index (χ2v) is 4.91. The minimum Gasteiger partial charge on any atom is -0.479 e. The fraction of sp³-hybridized carbons (Fsp3) is 0.467. The summed E-state index contributed by atoms with van der Waals surface area (Å²) < 4.78 is 0. The van der Waals surface area contributed by atoms with Crippen LogP contribution in [0.25, 0.3) is 0 Å². The van der Waals surface area contributed by atoms with Gasteiger partial charge in [-0.15, -0.1) is 0 Å². The van der Waals surface area contributed by atoms with Crippen LogP contribution in [0.2, 0.25) is 0 Å². The highest BCUT2D eigenvalue weighted by Crippen LogP contribution is 2.30. The molecule has 1 heterocycles. The van der Waals surface area contributed by atoms with Crippen LogP contribution in [-0.2, 0) is 11.2 Å². The zero-order valence-corrected chi connectivity index (χ0v) is 11.3. The number of hydrogen-bond donors (Lipinski definition) is 1. The number of aliphatic carboxylic acids is 1. The second kappa shape index (κ2) is 5.03. The van der Waals surface area contributed by atoms with E-state index in [0.717, 1.165) is 12.0 Å². The Balaban J connectivity index is 2.43. The standard InChI is InChI=1S/C15H19NO3/c1-3-15(4-2,14(18)19)16-10-9-11-7-5-6-8-12(11)13(16)17/h5-8H,3-4,9-10H2,1-2H3,(H,18,19). The normalized spacial score (nSPS) is 15.3. The van der Waals surface area contributed by atoms with Gasteiger partial charge in [0.05, 0.1) is 0 Å². The molecule has 102 valence electrons. The molecule has 4 nitrogen and oxygen atoms in total. The molecule has 0 aromatic heterocycles. The molecule has 0 unspecified atom stereocenters. The predicted molar refractivity (Wildman–Crippen MR) is 72.1 cm³/mol. The summed E-state index contributed by atoms with van der Waals surface area (Å²) >= 11 is 0. The highest BCUT2D eigenvalue weighted by molar-refractivity contribution is 6.00. The Bertz CT molecular complexity index is 506. The van der Waals surface area contributed by atoms with Crippen LogP contribution in [0.1, 0.15) is 42.6 Å². The summed E-state index contributed by atoms with van der Waals surface area (Å²) in [5.74, 6) is -1.07. The van der Waals surface area contributed by atoms with E-state index in [0.29, 0.717) is 24.9 Å². The van der Waals surface area contributed by atoms with E-state index >= 15 is 0 Å². The van der Waals surface area contributed by atoms with Gasteiger partial charge in [0.25, 0.3) is 5.91 Å². The van der Waals surface area contributed by atoms with Crippen LogP contribution in [0.3, 0.4) is 0 Å². The molecule has 0 bridgehead atoms. The molecule has 0 saturated carbocycles. The van der Waals surface area contributed by atoms with Gasteiger partial charge in [0, 0.05) is 12.1 Å². The summed E-state index contributed by atoms with van der Waals surface area (Å²) in [6.07, 6.45) is 1.57. The van der Waals surface area contributed by atoms with E-state index in [1.807, 2.05) is 32.0 Å². The van der Waals surface area contributed by atoms with Crippen molar-refractivity contribution in [1.29, 1.82) is 0 Å². The number of nitrogens with zero attached hydrogens (tertiary/aromatic N) is 1. The average Bonchev–Trinajstić information content (AvgIpc) is 2.43. The number of carboxylic acids is 1. The van der Waals surface area contributed by atoms with Crippen molar-refractivity contribution in [1.82, 2.24) is 4.90 Å². The van der Waals surface area contributed by atoms with Crippen molar-refractivity contribution < 1.29 is 14.7 Å². The molecular formula is C15H19NO3. The summed E-state index contributed by atoms with van der Waals surface area (Å²) in [5, 5.41) is 9.55. The highest BCUT2D eigenvalue weighted by Gasteiger charge is 2.45. The molecule has 0 atom stereocenters. The van der Waals surface area contributed by atoms with E-state index in [9.17, 15) is 14.7 Å². The summed E-state index contributed by atoms with van der Waals surface area (Å²) in [5.41, 5.74) is 0.571. The molecule has 1 aromatic carbocycles. The Labute approximate surface area is 113 Å². The maximum Gasteiger partial charge on any atom is 0.329 e. The van der Waals surface area contributed by atoms with Gasteiger partial charge in [0.15, 0.2) is 0 Å². The number of amides is 1. The Morgan fingerprint density at radius 3 is 2.53 bits per heavy atom. The Hall–Kier alpha value is -1.84. The monoisotopic (exact) mass is 261 g/mol. The molecule has 1 aliphatic rings. The van der Waals surface area contributed by atoms with Crippen molar-refractivity contribution in [3.63, 3.8) is 0 Å². The first-order valence-electron chi connectivity index (χ1n) is 6.70. The van der Waals surface area contributed by atoms with Crippen LogP contribution in [0.4, 0.5) is 0 Å². The minimum atomic E-state index is -1.08. The first-order chi connectivity index (χ1) is 9.06. The highest BCUT2D eigenvalue weighted by atomic mass is 16.4. The van der Waals surface area contributed by atoms with E-state index in [1.54, 1.807) is 6.07 Å². The number of fused-ring (bicyclic) bond motifs is 1. The molecule has 1 N–H and O–H groups in total. The van der Waals surface area contributed by atoms with Crippen molar-refractivity contribution >= 4 is 11.9 Å². The van der Waals surface area contributed by atoms with E-state index in [4.69, 9.17) is 0 Å². The van der Waals surface area contributed by atoms with Crippen LogP contribution in [-0.4, -0.2) is 34.0 Å². The summed E-state index contributed by atoms with van der Waals surface area (Å²) in [4.78, 5) is 25.7. The van der Waals surface area contributed by atoms with Gasteiger partial charge in [-0.2, -0.15) is 0 Å². The first kappa shape index (κ1) is 13.6. The third-order valence-electron chi connectivity index (χ3n) is 4.18. The van der Waals surface area contributed by atoms with Crippen LogP contribution < -0.4 is 0 Å². The molecule has 19 heavy (non-hydrogen) atoms. The van der Waals surface area contributed by atoms with Crippen LogP contribution >= 0.6 is 0 Å². The number of benzene rings is 1. The molecule has 0 radical (unpaired) electrons. The maximum absolute atomic E-state index is 12.5. The lowest BCUT2D eigenvalue weighted by atomic mass is 9.87. The molecule has 1 aromatic rings. The van der Waals surface area contributed by atoms with E-state index in [1.165, 1.54) is 4.90 Å². The molecular weight excluding hydrogens is 242 g/mol. The van der Waals surface area contributed by atoms with Crippen molar-refractivity contribution in [3.05, 3.63) is 35.4 Å². The minimum absolute atomic E-state index is 0.159. The van der Waals surface area contributed by atoms with E-state index in [-0.39, 0.29) is 5.91 Å². The molecule has 0 saturated heterocycles. The number of rotatable bonds is 4. The average molecular weight is 261 g/mol. The fourth-order valence-corrected chi connectivity index (χ4v) is 2.88. The third-order valence-corrected chi connectivity index (χ3v) is 4.18. The molecule has 0 fully saturated rings. The number of hydrogen-bond acceptors (Lipinski definition) is 2. The molecule has 2 rings (SSSR count). The molecule has 1 aliphatic heterocycles. The number of carboxylic acid groups (broad SMARTS) is 1. The van der Waals surface area contributed by atoms with Gasteiger partial charge in [0.2, 0.25) is 0 Å². The van der Waals surface area contributed by atoms with Gasteiger partial charge >= 0.3 is 5.97 Å². The van der Waals surface area contributed by atoms with Crippen LogP contribution in [0, 0.1) is 0 Å². The van der Waals surface area contributed by atoms with Crippen molar-refractivity contribution in [2.24, 2.45) is 0 Å². The van der Waals surface area contributed by atoms with Gasteiger partial charge in [-0.25, -0.2) is 4.79 Å². The fourth-order valence-electron chi connectivity index (χ4n) is 2.88. The van der Waals surface area contributed by atoms with Gasteiger partial charge < -0.3 is 10.0 Å². The first-order valence-corrected chi connectivity index (χ1v) is 6.70. The Morgan fingerprint density at radius 2 is 1.95 bits per heavy atom. The number of carbonyl (C=O) groups is 2. The zero-order chi connectivity index (χ0) is 14.0. The zero-order valence-electron chi connectivity index (χ0n) is 11.3.